The van der Waals surface area contributed by atoms with Crippen LogP contribution in [-0.4, -0.2) is 73.5 Å². The van der Waals surface area contributed by atoms with Crippen LogP contribution >= 0.6 is 0 Å². The maximum Gasteiger partial charge on any atom is 0.254 e. The summed E-state index contributed by atoms with van der Waals surface area (Å²) in [4.78, 5) is 14.5. The van der Waals surface area contributed by atoms with Crippen LogP contribution in [0.3, 0.4) is 0 Å². The summed E-state index contributed by atoms with van der Waals surface area (Å²) in [6, 6.07) is 5.62. The third kappa shape index (κ3) is 5.59. The molecule has 0 radical (unpaired) electrons. The number of alkyl halides is 2. The number of carbonyl (C=O) groups excluding carboxylic acids is 1. The standard InChI is InChI=1S/C21H30F3N3O3S/c1-2-15-31(29,30)27-13-11-26(12-14-27)20(7-9-21(23,24)10-8-20)16-25-19(28)17-5-3-4-6-18(17)22/h3-6H,2,7-16H2,1H3,(H,25,28). The second-order valence-corrected chi connectivity index (χ2v) is 10.5. The number of nitrogens with zero attached hydrogens (tertiary/aromatic N) is 2. The van der Waals surface area contributed by atoms with Gasteiger partial charge in [0.1, 0.15) is 5.82 Å². The lowest BCUT2D eigenvalue weighted by molar-refractivity contribution is -0.0856. The lowest BCUT2D eigenvalue weighted by Gasteiger charge is -2.50. The van der Waals surface area contributed by atoms with Gasteiger partial charge in [-0.3, -0.25) is 9.69 Å². The van der Waals surface area contributed by atoms with Crippen molar-refractivity contribution in [2.24, 2.45) is 0 Å². The molecule has 0 aromatic heterocycles. The lowest BCUT2D eigenvalue weighted by Crippen LogP contribution is -2.63. The first kappa shape index (κ1) is 24.0. The maximum absolute atomic E-state index is 13.9. The van der Waals surface area contributed by atoms with Gasteiger partial charge in [-0.25, -0.2) is 21.6 Å². The number of hydrogen-bond acceptors (Lipinski definition) is 4. The van der Waals surface area contributed by atoms with Crippen molar-refractivity contribution < 1.29 is 26.4 Å². The van der Waals surface area contributed by atoms with Gasteiger partial charge in [0.25, 0.3) is 5.91 Å². The topological polar surface area (TPSA) is 69.7 Å². The Bertz CT molecular complexity index is 877. The Hall–Kier alpha value is -1.65. The third-order valence-corrected chi connectivity index (χ3v) is 8.45. The van der Waals surface area contributed by atoms with Crippen LogP contribution < -0.4 is 5.32 Å². The molecular formula is C21H30F3N3O3S. The van der Waals surface area contributed by atoms with Crippen LogP contribution in [0.25, 0.3) is 0 Å². The van der Waals surface area contributed by atoms with E-state index < -0.39 is 33.2 Å². The zero-order valence-electron chi connectivity index (χ0n) is 17.7. The molecule has 3 rings (SSSR count). The van der Waals surface area contributed by atoms with Crippen LogP contribution in [0.1, 0.15) is 49.4 Å². The minimum absolute atomic E-state index is 0.0864. The Morgan fingerprint density at radius 1 is 1.06 bits per heavy atom. The van der Waals surface area contributed by atoms with E-state index in [0.717, 1.165) is 0 Å². The van der Waals surface area contributed by atoms with Crippen molar-refractivity contribution in [3.05, 3.63) is 35.6 Å². The number of benzene rings is 1. The smallest absolute Gasteiger partial charge is 0.254 e. The summed E-state index contributed by atoms with van der Waals surface area (Å²) in [5.74, 6) is -3.88. The third-order valence-electron chi connectivity index (χ3n) is 6.37. The van der Waals surface area contributed by atoms with Gasteiger partial charge in [-0.05, 0) is 31.4 Å². The zero-order chi connectivity index (χ0) is 22.7. The monoisotopic (exact) mass is 461 g/mol. The van der Waals surface area contributed by atoms with Gasteiger partial charge in [0.2, 0.25) is 15.9 Å². The summed E-state index contributed by atoms with van der Waals surface area (Å²) in [6.45, 7) is 3.32. The van der Waals surface area contributed by atoms with Gasteiger partial charge < -0.3 is 5.32 Å². The van der Waals surface area contributed by atoms with Gasteiger partial charge >= 0.3 is 0 Å². The fourth-order valence-corrected chi connectivity index (χ4v) is 5.99. The highest BCUT2D eigenvalue weighted by Gasteiger charge is 2.47. The van der Waals surface area contributed by atoms with E-state index in [4.69, 9.17) is 0 Å². The van der Waals surface area contributed by atoms with E-state index in [2.05, 4.69) is 5.32 Å². The number of halogens is 3. The number of piperazine rings is 1. The van der Waals surface area contributed by atoms with Crippen LogP contribution in [-0.2, 0) is 10.0 Å². The van der Waals surface area contributed by atoms with Crippen LogP contribution in [0.15, 0.2) is 24.3 Å². The number of amides is 1. The molecule has 0 bridgehead atoms. The van der Waals surface area contributed by atoms with Crippen molar-refractivity contribution in [1.29, 1.82) is 0 Å². The van der Waals surface area contributed by atoms with E-state index in [-0.39, 0.29) is 43.5 Å². The predicted octanol–water partition coefficient (Wildman–Crippen LogP) is 2.86. The number of nitrogens with one attached hydrogen (secondary N) is 1. The molecule has 1 saturated heterocycles. The van der Waals surface area contributed by atoms with Crippen LogP contribution in [0, 0.1) is 5.82 Å². The van der Waals surface area contributed by atoms with Crippen molar-refractivity contribution in [3.63, 3.8) is 0 Å². The van der Waals surface area contributed by atoms with E-state index >= 15 is 0 Å². The molecular weight excluding hydrogens is 431 g/mol. The lowest BCUT2D eigenvalue weighted by atomic mass is 9.78. The van der Waals surface area contributed by atoms with Crippen molar-refractivity contribution in [1.82, 2.24) is 14.5 Å². The Balaban J connectivity index is 1.71. The fourth-order valence-electron chi connectivity index (χ4n) is 4.50. The van der Waals surface area contributed by atoms with Gasteiger partial charge in [0.15, 0.2) is 0 Å². The Morgan fingerprint density at radius 3 is 2.26 bits per heavy atom. The van der Waals surface area contributed by atoms with Crippen LogP contribution in [0.2, 0.25) is 0 Å². The van der Waals surface area contributed by atoms with E-state index in [9.17, 15) is 26.4 Å². The van der Waals surface area contributed by atoms with Crippen LogP contribution in [0.4, 0.5) is 13.2 Å². The molecule has 1 N–H and O–H groups in total. The molecule has 1 aromatic rings. The summed E-state index contributed by atoms with van der Waals surface area (Å²) in [5, 5.41) is 2.74. The quantitative estimate of drug-likeness (QED) is 0.678. The Morgan fingerprint density at radius 2 is 1.68 bits per heavy atom. The molecule has 2 fully saturated rings. The summed E-state index contributed by atoms with van der Waals surface area (Å²) in [5.41, 5.74) is -0.794. The molecule has 31 heavy (non-hydrogen) atoms. The minimum atomic E-state index is -3.32. The van der Waals surface area contributed by atoms with E-state index in [1.54, 1.807) is 6.07 Å². The molecule has 1 saturated carbocycles. The molecule has 2 aliphatic rings. The SMILES string of the molecule is CCCS(=O)(=O)N1CCN(C2(CNC(=O)c3ccccc3F)CCC(F)(F)CC2)CC1. The molecule has 1 heterocycles. The number of hydrogen-bond donors (Lipinski definition) is 1. The molecule has 6 nitrogen and oxygen atoms in total. The average Bonchev–Trinajstić information content (AvgIpc) is 2.73. The van der Waals surface area contributed by atoms with Crippen molar-refractivity contribution in [3.8, 4) is 0 Å². The van der Waals surface area contributed by atoms with Crippen molar-refractivity contribution in [2.75, 3.05) is 38.5 Å². The summed E-state index contributed by atoms with van der Waals surface area (Å²) in [6.07, 6.45) is 0.302. The molecule has 10 heteroatoms. The second kappa shape index (κ2) is 9.46. The van der Waals surface area contributed by atoms with Gasteiger partial charge in [0.05, 0.1) is 11.3 Å². The molecule has 1 aromatic carbocycles. The minimum Gasteiger partial charge on any atom is -0.350 e. The van der Waals surface area contributed by atoms with Gasteiger partial charge in [0, 0.05) is 51.1 Å². The Kier molecular flexibility index (Phi) is 7.32. The van der Waals surface area contributed by atoms with E-state index in [1.165, 1.54) is 22.5 Å². The van der Waals surface area contributed by atoms with Crippen molar-refractivity contribution >= 4 is 15.9 Å². The first-order chi connectivity index (χ1) is 14.6. The Labute approximate surface area is 181 Å². The molecule has 1 aliphatic carbocycles. The number of rotatable bonds is 7. The second-order valence-electron chi connectivity index (χ2n) is 8.44. The first-order valence-electron chi connectivity index (χ1n) is 10.7. The summed E-state index contributed by atoms with van der Waals surface area (Å²) in [7, 11) is -3.32. The first-order valence-corrected chi connectivity index (χ1v) is 12.3. The molecule has 174 valence electrons. The van der Waals surface area contributed by atoms with Gasteiger partial charge in [-0.15, -0.1) is 0 Å². The largest absolute Gasteiger partial charge is 0.350 e. The molecule has 1 aliphatic heterocycles. The molecule has 0 unspecified atom stereocenters. The highest BCUT2D eigenvalue weighted by molar-refractivity contribution is 7.89. The van der Waals surface area contributed by atoms with Crippen LogP contribution in [0.5, 0.6) is 0 Å². The van der Waals surface area contributed by atoms with Gasteiger partial charge in [-0.1, -0.05) is 19.1 Å². The van der Waals surface area contributed by atoms with E-state index in [1.807, 2.05) is 11.8 Å². The predicted molar refractivity (Wildman–Crippen MR) is 112 cm³/mol. The summed E-state index contributed by atoms with van der Waals surface area (Å²) < 4.78 is 67.9. The maximum atomic E-state index is 13.9. The zero-order valence-corrected chi connectivity index (χ0v) is 18.6. The fraction of sp³-hybridized carbons (Fsp3) is 0.667. The number of carbonyl (C=O) groups is 1. The highest BCUT2D eigenvalue weighted by Crippen LogP contribution is 2.41. The average molecular weight is 462 g/mol. The highest BCUT2D eigenvalue weighted by atomic mass is 32.2. The molecule has 0 spiro atoms. The molecule has 0 atom stereocenters. The van der Waals surface area contributed by atoms with Gasteiger partial charge in [-0.2, -0.15) is 4.31 Å². The van der Waals surface area contributed by atoms with E-state index in [0.29, 0.717) is 32.6 Å². The summed E-state index contributed by atoms with van der Waals surface area (Å²) >= 11 is 0. The normalized spacial score (nSPS) is 22.2. The number of sulfonamides is 1. The van der Waals surface area contributed by atoms with Crippen molar-refractivity contribution in [2.45, 2.75) is 50.5 Å². The molecule has 1 amide bonds.